The average molecular weight is 356 g/mol. The van der Waals surface area contributed by atoms with Crippen molar-refractivity contribution in [3.05, 3.63) is 82.8 Å². The molecular weight excluding hydrogens is 341 g/mol. The number of hydrogen-bond acceptors (Lipinski definition) is 3. The summed E-state index contributed by atoms with van der Waals surface area (Å²) in [6.45, 7) is 1.83. The van der Waals surface area contributed by atoms with Gasteiger partial charge in [-0.3, -0.25) is 4.79 Å². The molecule has 1 heterocycles. The van der Waals surface area contributed by atoms with Crippen molar-refractivity contribution in [2.45, 2.75) is 6.92 Å². The molecular formula is C19H15ClFN3O. The molecule has 0 spiro atoms. The fourth-order valence-electron chi connectivity index (χ4n) is 2.29. The minimum Gasteiger partial charge on any atom is -0.340 e. The number of halogens is 2. The first kappa shape index (κ1) is 16.9. The van der Waals surface area contributed by atoms with E-state index in [1.165, 1.54) is 18.3 Å². The molecule has 2 aromatic carbocycles. The van der Waals surface area contributed by atoms with Gasteiger partial charge in [-0.2, -0.15) is 0 Å². The zero-order valence-electron chi connectivity index (χ0n) is 13.4. The van der Waals surface area contributed by atoms with Crippen molar-refractivity contribution in [1.29, 1.82) is 0 Å². The molecule has 0 aliphatic rings. The summed E-state index contributed by atoms with van der Waals surface area (Å²) in [5.74, 6) is -0.188. The first-order chi connectivity index (χ1) is 12.0. The monoisotopic (exact) mass is 355 g/mol. The third-order valence-electron chi connectivity index (χ3n) is 3.64. The van der Waals surface area contributed by atoms with Crippen molar-refractivity contribution in [3.8, 4) is 0 Å². The van der Waals surface area contributed by atoms with Crippen LogP contribution in [0.25, 0.3) is 0 Å². The SMILES string of the molecule is Cc1c(Cl)cccc1NC(=O)c1ccnc(Nc2cccc(F)c2)c1. The molecule has 0 fully saturated rings. The number of anilines is 3. The molecule has 126 valence electrons. The lowest BCUT2D eigenvalue weighted by Gasteiger charge is -2.11. The maximum absolute atomic E-state index is 13.3. The summed E-state index contributed by atoms with van der Waals surface area (Å²) in [6, 6.07) is 14.5. The Morgan fingerprint density at radius 3 is 2.72 bits per heavy atom. The maximum Gasteiger partial charge on any atom is 0.255 e. The van der Waals surface area contributed by atoms with E-state index >= 15 is 0 Å². The van der Waals surface area contributed by atoms with Gasteiger partial charge in [0.15, 0.2) is 0 Å². The molecule has 6 heteroatoms. The zero-order valence-corrected chi connectivity index (χ0v) is 14.1. The number of carbonyl (C=O) groups is 1. The smallest absolute Gasteiger partial charge is 0.255 e. The molecule has 3 rings (SSSR count). The predicted octanol–water partition coefficient (Wildman–Crippen LogP) is 5.18. The maximum atomic E-state index is 13.3. The minimum absolute atomic E-state index is 0.282. The fourth-order valence-corrected chi connectivity index (χ4v) is 2.47. The van der Waals surface area contributed by atoms with E-state index in [4.69, 9.17) is 11.6 Å². The number of benzene rings is 2. The third-order valence-corrected chi connectivity index (χ3v) is 4.04. The van der Waals surface area contributed by atoms with E-state index < -0.39 is 0 Å². The van der Waals surface area contributed by atoms with E-state index in [0.29, 0.717) is 27.8 Å². The van der Waals surface area contributed by atoms with E-state index in [2.05, 4.69) is 15.6 Å². The standard InChI is InChI=1S/C19H15ClFN3O/c1-12-16(20)6-3-7-17(12)24-19(25)13-8-9-22-18(10-13)23-15-5-2-4-14(21)11-15/h2-11H,1H3,(H,22,23)(H,24,25). The number of nitrogens with zero attached hydrogens (tertiary/aromatic N) is 1. The number of carbonyl (C=O) groups excluding carboxylic acids is 1. The van der Waals surface area contributed by atoms with E-state index in [9.17, 15) is 9.18 Å². The lowest BCUT2D eigenvalue weighted by atomic mass is 10.2. The van der Waals surface area contributed by atoms with Crippen molar-refractivity contribution in [3.63, 3.8) is 0 Å². The Kier molecular flexibility index (Phi) is 4.95. The van der Waals surface area contributed by atoms with Crippen LogP contribution in [-0.4, -0.2) is 10.9 Å². The lowest BCUT2D eigenvalue weighted by molar-refractivity contribution is 0.102. The molecule has 1 aromatic heterocycles. The average Bonchev–Trinajstić information content (AvgIpc) is 2.59. The molecule has 25 heavy (non-hydrogen) atoms. The summed E-state index contributed by atoms with van der Waals surface area (Å²) in [6.07, 6.45) is 1.52. The number of aromatic nitrogens is 1. The summed E-state index contributed by atoms with van der Waals surface area (Å²) in [5, 5.41) is 6.38. The minimum atomic E-state index is -0.352. The van der Waals surface area contributed by atoms with Gasteiger partial charge in [0.05, 0.1) is 0 Å². The van der Waals surface area contributed by atoms with Crippen molar-refractivity contribution in [2.75, 3.05) is 10.6 Å². The van der Waals surface area contributed by atoms with Gasteiger partial charge in [0.2, 0.25) is 0 Å². The second-order valence-corrected chi connectivity index (χ2v) is 5.84. The van der Waals surface area contributed by atoms with Gasteiger partial charge < -0.3 is 10.6 Å². The first-order valence-electron chi connectivity index (χ1n) is 7.58. The normalized spacial score (nSPS) is 10.4. The number of hydrogen-bond donors (Lipinski definition) is 2. The largest absolute Gasteiger partial charge is 0.340 e. The van der Waals surface area contributed by atoms with Crippen molar-refractivity contribution >= 4 is 34.7 Å². The number of nitrogens with one attached hydrogen (secondary N) is 2. The van der Waals surface area contributed by atoms with Gasteiger partial charge in [0, 0.05) is 28.2 Å². The Labute approximate surface area is 149 Å². The van der Waals surface area contributed by atoms with Gasteiger partial charge >= 0.3 is 0 Å². The molecule has 0 aliphatic carbocycles. The quantitative estimate of drug-likeness (QED) is 0.678. The molecule has 0 aliphatic heterocycles. The molecule has 0 bridgehead atoms. The molecule has 0 radical (unpaired) electrons. The molecule has 1 amide bonds. The van der Waals surface area contributed by atoms with Crippen molar-refractivity contribution in [2.24, 2.45) is 0 Å². The van der Waals surface area contributed by atoms with Crippen LogP contribution in [-0.2, 0) is 0 Å². The summed E-state index contributed by atoms with van der Waals surface area (Å²) in [7, 11) is 0. The van der Waals surface area contributed by atoms with Gasteiger partial charge in [-0.25, -0.2) is 9.37 Å². The second kappa shape index (κ2) is 7.32. The predicted molar refractivity (Wildman–Crippen MR) is 98.1 cm³/mol. The Bertz CT molecular complexity index is 930. The van der Waals surface area contributed by atoms with Crippen molar-refractivity contribution < 1.29 is 9.18 Å². The van der Waals surface area contributed by atoms with Gasteiger partial charge in [-0.05, 0) is 55.0 Å². The van der Waals surface area contributed by atoms with E-state index in [1.807, 2.05) is 6.92 Å². The zero-order chi connectivity index (χ0) is 17.8. The highest BCUT2D eigenvalue weighted by Crippen LogP contribution is 2.24. The second-order valence-electron chi connectivity index (χ2n) is 5.43. The van der Waals surface area contributed by atoms with Gasteiger partial charge in [-0.15, -0.1) is 0 Å². The third kappa shape index (κ3) is 4.14. The molecule has 0 unspecified atom stereocenters. The highest BCUT2D eigenvalue weighted by Gasteiger charge is 2.10. The highest BCUT2D eigenvalue weighted by atomic mass is 35.5. The van der Waals surface area contributed by atoms with Gasteiger partial charge in [-0.1, -0.05) is 23.7 Å². The lowest BCUT2D eigenvalue weighted by Crippen LogP contribution is -2.13. The summed E-state index contributed by atoms with van der Waals surface area (Å²) in [4.78, 5) is 16.6. The number of amides is 1. The van der Waals surface area contributed by atoms with E-state index in [0.717, 1.165) is 5.56 Å². The van der Waals surface area contributed by atoms with Crippen LogP contribution in [0.2, 0.25) is 5.02 Å². The van der Waals surface area contributed by atoms with Crippen molar-refractivity contribution in [1.82, 2.24) is 4.98 Å². The number of rotatable bonds is 4. The molecule has 0 saturated heterocycles. The highest BCUT2D eigenvalue weighted by molar-refractivity contribution is 6.31. The summed E-state index contributed by atoms with van der Waals surface area (Å²) in [5.41, 5.74) is 2.42. The topological polar surface area (TPSA) is 54.0 Å². The van der Waals surface area contributed by atoms with Gasteiger partial charge in [0.25, 0.3) is 5.91 Å². The van der Waals surface area contributed by atoms with Crippen LogP contribution in [0, 0.1) is 12.7 Å². The van der Waals surface area contributed by atoms with E-state index in [1.54, 1.807) is 42.5 Å². The first-order valence-corrected chi connectivity index (χ1v) is 7.96. The van der Waals surface area contributed by atoms with Crippen LogP contribution in [0.3, 0.4) is 0 Å². The Balaban J connectivity index is 1.78. The van der Waals surface area contributed by atoms with Crippen LogP contribution in [0.1, 0.15) is 15.9 Å². The summed E-state index contributed by atoms with van der Waals surface area (Å²) >= 11 is 6.07. The number of pyridine rings is 1. The van der Waals surface area contributed by atoms with Crippen LogP contribution in [0.15, 0.2) is 60.8 Å². The Morgan fingerprint density at radius 2 is 1.92 bits per heavy atom. The van der Waals surface area contributed by atoms with Crippen LogP contribution >= 0.6 is 11.6 Å². The molecule has 3 aromatic rings. The Morgan fingerprint density at radius 1 is 1.12 bits per heavy atom. The van der Waals surface area contributed by atoms with Crippen LogP contribution < -0.4 is 10.6 Å². The van der Waals surface area contributed by atoms with Crippen LogP contribution in [0.5, 0.6) is 0 Å². The fraction of sp³-hybridized carbons (Fsp3) is 0.0526. The molecule has 0 saturated carbocycles. The summed E-state index contributed by atoms with van der Waals surface area (Å²) < 4.78 is 13.3. The van der Waals surface area contributed by atoms with E-state index in [-0.39, 0.29) is 11.7 Å². The van der Waals surface area contributed by atoms with Gasteiger partial charge in [0.1, 0.15) is 11.6 Å². The molecule has 4 nitrogen and oxygen atoms in total. The molecule has 0 atom stereocenters. The molecule has 2 N–H and O–H groups in total. The Hall–Kier alpha value is -2.92. The van der Waals surface area contributed by atoms with Crippen LogP contribution in [0.4, 0.5) is 21.6 Å².